The average Bonchev–Trinajstić information content (AvgIpc) is 3.30. The number of fused-ring (bicyclic) bond motifs is 1. The van der Waals surface area contributed by atoms with Crippen molar-refractivity contribution in [1.82, 2.24) is 14.5 Å². The number of H-pyrrole nitrogens is 1. The summed E-state index contributed by atoms with van der Waals surface area (Å²) in [5.74, 6) is 1.55. The molecule has 0 atom stereocenters. The summed E-state index contributed by atoms with van der Waals surface area (Å²) >= 11 is 0. The van der Waals surface area contributed by atoms with E-state index in [4.69, 9.17) is 9.47 Å². The molecule has 2 heterocycles. The zero-order chi connectivity index (χ0) is 17.4. The Balaban J connectivity index is 1.47. The first kappa shape index (κ1) is 16.0. The lowest BCUT2D eigenvalue weighted by Gasteiger charge is -2.22. The molecule has 1 aliphatic heterocycles. The van der Waals surface area contributed by atoms with Gasteiger partial charge in [0.05, 0.1) is 0 Å². The summed E-state index contributed by atoms with van der Waals surface area (Å²) < 4.78 is 12.1. The van der Waals surface area contributed by atoms with E-state index in [-0.39, 0.29) is 18.0 Å². The van der Waals surface area contributed by atoms with Crippen LogP contribution in [0.15, 0.2) is 33.9 Å². The van der Waals surface area contributed by atoms with Crippen LogP contribution in [0.2, 0.25) is 0 Å². The second-order valence-electron chi connectivity index (χ2n) is 6.64. The minimum atomic E-state index is -0.344. The number of ether oxygens (including phenoxy) is 2. The Morgan fingerprint density at radius 1 is 1.20 bits per heavy atom. The SMILES string of the molecule is Cc1cc(=O)n(CCN(Cc2ccc3c(c2)OCO3)C2CC2)c(=O)[nH]1. The second kappa shape index (κ2) is 6.40. The van der Waals surface area contributed by atoms with Crippen LogP contribution in [0.1, 0.15) is 24.1 Å². The molecule has 1 fully saturated rings. The lowest BCUT2D eigenvalue weighted by Crippen LogP contribution is -2.39. The van der Waals surface area contributed by atoms with E-state index in [0.717, 1.165) is 36.4 Å². The van der Waals surface area contributed by atoms with Gasteiger partial charge in [0.15, 0.2) is 11.5 Å². The fourth-order valence-corrected chi connectivity index (χ4v) is 3.18. The Hall–Kier alpha value is -2.54. The molecule has 4 rings (SSSR count). The van der Waals surface area contributed by atoms with Gasteiger partial charge in [0, 0.05) is 37.4 Å². The molecular weight excluding hydrogens is 322 g/mol. The van der Waals surface area contributed by atoms with Gasteiger partial charge in [-0.25, -0.2) is 4.79 Å². The predicted octanol–water partition coefficient (Wildman–Crippen LogP) is 1.24. The second-order valence-corrected chi connectivity index (χ2v) is 6.64. The first-order valence-electron chi connectivity index (χ1n) is 8.53. The minimum absolute atomic E-state index is 0.250. The first-order chi connectivity index (χ1) is 12.1. The van der Waals surface area contributed by atoms with E-state index in [1.807, 2.05) is 18.2 Å². The maximum Gasteiger partial charge on any atom is 0.328 e. The Morgan fingerprint density at radius 2 is 2.00 bits per heavy atom. The Morgan fingerprint density at radius 3 is 2.76 bits per heavy atom. The predicted molar refractivity (Wildman–Crippen MR) is 92.1 cm³/mol. The van der Waals surface area contributed by atoms with Crippen LogP contribution in [0.4, 0.5) is 0 Å². The van der Waals surface area contributed by atoms with Gasteiger partial charge >= 0.3 is 5.69 Å². The minimum Gasteiger partial charge on any atom is -0.454 e. The van der Waals surface area contributed by atoms with Crippen LogP contribution in [0.5, 0.6) is 11.5 Å². The highest BCUT2D eigenvalue weighted by molar-refractivity contribution is 5.44. The standard InChI is InChI=1S/C18H21N3O4/c1-12-8-17(22)21(18(23)19-12)7-6-20(14-3-4-14)10-13-2-5-15-16(9-13)25-11-24-15/h2,5,8-9,14H,3-4,6-7,10-11H2,1H3,(H,19,23). The van der Waals surface area contributed by atoms with Gasteiger partial charge in [-0.05, 0) is 37.5 Å². The summed E-state index contributed by atoms with van der Waals surface area (Å²) in [6.07, 6.45) is 2.31. The summed E-state index contributed by atoms with van der Waals surface area (Å²) in [5, 5.41) is 0. The molecule has 1 aliphatic carbocycles. The van der Waals surface area contributed by atoms with E-state index >= 15 is 0 Å². The first-order valence-corrected chi connectivity index (χ1v) is 8.53. The Labute approximate surface area is 144 Å². The lowest BCUT2D eigenvalue weighted by atomic mass is 10.2. The summed E-state index contributed by atoms with van der Waals surface area (Å²) in [7, 11) is 0. The van der Waals surface area contributed by atoms with Gasteiger partial charge in [-0.3, -0.25) is 14.3 Å². The van der Waals surface area contributed by atoms with Crippen LogP contribution in [-0.2, 0) is 13.1 Å². The van der Waals surface area contributed by atoms with Crippen molar-refractivity contribution in [3.05, 3.63) is 56.4 Å². The van der Waals surface area contributed by atoms with E-state index in [1.165, 1.54) is 10.6 Å². The highest BCUT2D eigenvalue weighted by Gasteiger charge is 2.29. The fraction of sp³-hybridized carbons (Fsp3) is 0.444. The fourth-order valence-electron chi connectivity index (χ4n) is 3.18. The van der Waals surface area contributed by atoms with Crippen molar-refractivity contribution >= 4 is 0 Å². The van der Waals surface area contributed by atoms with Gasteiger partial charge in [-0.15, -0.1) is 0 Å². The molecule has 0 spiro atoms. The molecule has 0 unspecified atom stereocenters. The van der Waals surface area contributed by atoms with Crippen LogP contribution in [0.25, 0.3) is 0 Å². The Kier molecular flexibility index (Phi) is 4.09. The molecule has 0 amide bonds. The quantitative estimate of drug-likeness (QED) is 0.854. The smallest absolute Gasteiger partial charge is 0.328 e. The third-order valence-electron chi connectivity index (χ3n) is 4.65. The summed E-state index contributed by atoms with van der Waals surface area (Å²) in [6.45, 7) is 3.79. The van der Waals surface area contributed by atoms with Crippen LogP contribution in [-0.4, -0.2) is 33.8 Å². The number of aryl methyl sites for hydroxylation is 1. The number of nitrogens with zero attached hydrogens (tertiary/aromatic N) is 2. The van der Waals surface area contributed by atoms with E-state index in [2.05, 4.69) is 9.88 Å². The van der Waals surface area contributed by atoms with E-state index in [0.29, 0.717) is 24.8 Å². The largest absolute Gasteiger partial charge is 0.454 e. The van der Waals surface area contributed by atoms with Crippen LogP contribution in [0, 0.1) is 6.92 Å². The molecule has 0 saturated heterocycles. The van der Waals surface area contributed by atoms with E-state index in [1.54, 1.807) is 6.92 Å². The van der Waals surface area contributed by atoms with Crippen molar-refractivity contribution < 1.29 is 9.47 Å². The number of benzene rings is 1. The molecule has 7 heteroatoms. The Bertz CT molecular complexity index is 867. The summed E-state index contributed by atoms with van der Waals surface area (Å²) in [5.41, 5.74) is 1.14. The number of hydrogen-bond acceptors (Lipinski definition) is 5. The maximum absolute atomic E-state index is 12.0. The number of nitrogens with one attached hydrogen (secondary N) is 1. The van der Waals surface area contributed by atoms with Gasteiger partial charge in [0.25, 0.3) is 5.56 Å². The van der Waals surface area contributed by atoms with Crippen LogP contribution >= 0.6 is 0 Å². The third kappa shape index (κ3) is 3.46. The van der Waals surface area contributed by atoms with Crippen molar-refractivity contribution in [3.63, 3.8) is 0 Å². The number of aromatic amines is 1. The monoisotopic (exact) mass is 343 g/mol. The van der Waals surface area contributed by atoms with Crippen molar-refractivity contribution in [1.29, 1.82) is 0 Å². The molecule has 0 radical (unpaired) electrons. The molecule has 7 nitrogen and oxygen atoms in total. The molecular formula is C18H21N3O4. The van der Waals surface area contributed by atoms with Gasteiger partial charge < -0.3 is 14.5 Å². The van der Waals surface area contributed by atoms with Gasteiger partial charge in [-0.2, -0.15) is 0 Å². The highest BCUT2D eigenvalue weighted by atomic mass is 16.7. The lowest BCUT2D eigenvalue weighted by molar-refractivity contribution is 0.174. The number of rotatable bonds is 6. The van der Waals surface area contributed by atoms with E-state index < -0.39 is 0 Å². The third-order valence-corrected chi connectivity index (χ3v) is 4.65. The highest BCUT2D eigenvalue weighted by Crippen LogP contribution is 2.34. The molecule has 25 heavy (non-hydrogen) atoms. The molecule has 1 aromatic heterocycles. The summed E-state index contributed by atoms with van der Waals surface area (Å²) in [6, 6.07) is 7.94. The maximum atomic E-state index is 12.0. The van der Waals surface area contributed by atoms with Crippen LogP contribution < -0.4 is 20.7 Å². The van der Waals surface area contributed by atoms with Gasteiger partial charge in [0.1, 0.15) is 0 Å². The molecule has 2 aliphatic rings. The number of hydrogen-bond donors (Lipinski definition) is 1. The van der Waals surface area contributed by atoms with Gasteiger partial charge in [0.2, 0.25) is 6.79 Å². The van der Waals surface area contributed by atoms with Crippen molar-refractivity contribution in [3.8, 4) is 11.5 Å². The number of aromatic nitrogens is 2. The average molecular weight is 343 g/mol. The zero-order valence-corrected chi connectivity index (χ0v) is 14.2. The van der Waals surface area contributed by atoms with Crippen molar-refractivity contribution in [2.75, 3.05) is 13.3 Å². The van der Waals surface area contributed by atoms with E-state index in [9.17, 15) is 9.59 Å². The summed E-state index contributed by atoms with van der Waals surface area (Å²) in [4.78, 5) is 29.1. The molecule has 0 bridgehead atoms. The van der Waals surface area contributed by atoms with Crippen molar-refractivity contribution in [2.24, 2.45) is 0 Å². The molecule has 1 saturated carbocycles. The topological polar surface area (TPSA) is 76.6 Å². The molecule has 2 aromatic rings. The van der Waals surface area contributed by atoms with Crippen molar-refractivity contribution in [2.45, 2.75) is 38.9 Å². The van der Waals surface area contributed by atoms with Crippen LogP contribution in [0.3, 0.4) is 0 Å². The molecule has 1 aromatic carbocycles. The zero-order valence-electron chi connectivity index (χ0n) is 14.2. The van der Waals surface area contributed by atoms with Gasteiger partial charge in [-0.1, -0.05) is 6.07 Å². The molecule has 1 N–H and O–H groups in total. The molecule has 132 valence electrons. The normalized spacial score (nSPS) is 15.8.